The van der Waals surface area contributed by atoms with Crippen LogP contribution < -0.4 is 10.6 Å². The molecule has 2 amide bonds. The summed E-state index contributed by atoms with van der Waals surface area (Å²) in [5.41, 5.74) is 1.30. The van der Waals surface area contributed by atoms with Crippen molar-refractivity contribution in [2.24, 2.45) is 11.3 Å². The summed E-state index contributed by atoms with van der Waals surface area (Å²) < 4.78 is 0. The fourth-order valence-corrected chi connectivity index (χ4v) is 3.26. The summed E-state index contributed by atoms with van der Waals surface area (Å²) in [7, 11) is 0. The molecule has 3 N–H and O–H groups in total. The van der Waals surface area contributed by atoms with E-state index in [1.165, 1.54) is 0 Å². The van der Waals surface area contributed by atoms with E-state index in [-0.39, 0.29) is 36.1 Å². The number of carbonyl (C=O) groups is 3. The molecule has 6 heteroatoms. The molecular weight excluding hydrogens is 320 g/mol. The topological polar surface area (TPSA) is 95.5 Å². The second kappa shape index (κ2) is 8.14. The fraction of sp³-hybridized carbons (Fsp3) is 0.526. The third kappa shape index (κ3) is 5.89. The third-order valence-corrected chi connectivity index (χ3v) is 4.61. The molecule has 6 nitrogen and oxygen atoms in total. The van der Waals surface area contributed by atoms with Crippen LogP contribution in [0.3, 0.4) is 0 Å². The number of rotatable bonds is 6. The summed E-state index contributed by atoms with van der Waals surface area (Å²) in [5, 5.41) is 14.0. The predicted octanol–water partition coefficient (Wildman–Crippen LogP) is 3.05. The first-order valence-corrected chi connectivity index (χ1v) is 8.68. The van der Waals surface area contributed by atoms with Crippen LogP contribution in [0, 0.1) is 11.3 Å². The number of nitrogens with one attached hydrogen (secondary N) is 2. The molecule has 0 spiro atoms. The van der Waals surface area contributed by atoms with Gasteiger partial charge in [0.25, 0.3) is 5.91 Å². The molecular formula is C19H26N2O4. The van der Waals surface area contributed by atoms with Crippen LogP contribution in [-0.4, -0.2) is 29.4 Å². The normalized spacial score (nSPS) is 19.0. The molecule has 1 aliphatic rings. The molecule has 0 radical (unpaired) electrons. The first-order valence-electron chi connectivity index (χ1n) is 8.68. The Morgan fingerprint density at radius 3 is 2.48 bits per heavy atom. The number of benzene rings is 1. The molecule has 136 valence electrons. The van der Waals surface area contributed by atoms with Crippen molar-refractivity contribution in [3.05, 3.63) is 29.8 Å². The van der Waals surface area contributed by atoms with Gasteiger partial charge in [-0.1, -0.05) is 20.3 Å². The average molecular weight is 346 g/mol. The smallest absolute Gasteiger partial charge is 0.305 e. The van der Waals surface area contributed by atoms with Crippen molar-refractivity contribution in [3.8, 4) is 0 Å². The largest absolute Gasteiger partial charge is 0.481 e. The van der Waals surface area contributed by atoms with E-state index in [0.29, 0.717) is 11.3 Å². The SMILES string of the molecule is CC1(C)CCCC(C(=O)Nc2ccc(C(=O)NCCC(=O)O)cc2)C1. The zero-order valence-corrected chi connectivity index (χ0v) is 14.8. The van der Waals surface area contributed by atoms with E-state index in [1.807, 2.05) is 0 Å². The molecule has 1 aromatic carbocycles. The van der Waals surface area contributed by atoms with Crippen LogP contribution in [0.1, 0.15) is 56.3 Å². The summed E-state index contributed by atoms with van der Waals surface area (Å²) in [5.74, 6) is -1.22. The van der Waals surface area contributed by atoms with Gasteiger partial charge in [0.1, 0.15) is 0 Å². The maximum absolute atomic E-state index is 12.4. The number of carbonyl (C=O) groups excluding carboxylic acids is 2. The van der Waals surface area contributed by atoms with Crippen molar-refractivity contribution in [2.45, 2.75) is 46.0 Å². The lowest BCUT2D eigenvalue weighted by molar-refractivity contribution is -0.136. The highest BCUT2D eigenvalue weighted by Gasteiger charge is 2.31. The van der Waals surface area contributed by atoms with E-state index < -0.39 is 5.97 Å². The zero-order chi connectivity index (χ0) is 18.4. The Morgan fingerprint density at radius 2 is 1.88 bits per heavy atom. The fourth-order valence-electron chi connectivity index (χ4n) is 3.26. The van der Waals surface area contributed by atoms with E-state index in [0.717, 1.165) is 25.7 Å². The van der Waals surface area contributed by atoms with Crippen LogP contribution in [0.15, 0.2) is 24.3 Å². The van der Waals surface area contributed by atoms with Gasteiger partial charge in [-0.15, -0.1) is 0 Å². The lowest BCUT2D eigenvalue weighted by Crippen LogP contribution is -2.31. The molecule has 1 unspecified atom stereocenters. The molecule has 2 rings (SSSR count). The van der Waals surface area contributed by atoms with Gasteiger partial charge in [0, 0.05) is 23.7 Å². The Labute approximate surface area is 148 Å². The van der Waals surface area contributed by atoms with Crippen molar-refractivity contribution < 1.29 is 19.5 Å². The van der Waals surface area contributed by atoms with Crippen molar-refractivity contribution in [2.75, 3.05) is 11.9 Å². The average Bonchev–Trinajstić information content (AvgIpc) is 2.54. The molecule has 1 atom stereocenters. The number of carboxylic acid groups (broad SMARTS) is 1. The molecule has 1 fully saturated rings. The minimum atomic E-state index is -0.954. The molecule has 25 heavy (non-hydrogen) atoms. The molecule has 0 bridgehead atoms. The van der Waals surface area contributed by atoms with Gasteiger partial charge >= 0.3 is 5.97 Å². The molecule has 1 aliphatic carbocycles. The Morgan fingerprint density at radius 1 is 1.20 bits per heavy atom. The molecule has 0 heterocycles. The third-order valence-electron chi connectivity index (χ3n) is 4.61. The van der Waals surface area contributed by atoms with Gasteiger partial charge in [-0.25, -0.2) is 0 Å². The highest BCUT2D eigenvalue weighted by Crippen LogP contribution is 2.38. The van der Waals surface area contributed by atoms with Crippen LogP contribution in [0.4, 0.5) is 5.69 Å². The maximum Gasteiger partial charge on any atom is 0.305 e. The molecule has 1 saturated carbocycles. The second-order valence-corrected chi connectivity index (χ2v) is 7.42. The summed E-state index contributed by atoms with van der Waals surface area (Å²) in [4.78, 5) is 34.8. The van der Waals surface area contributed by atoms with Crippen LogP contribution in [-0.2, 0) is 9.59 Å². The summed E-state index contributed by atoms with van der Waals surface area (Å²) >= 11 is 0. The minimum absolute atomic E-state index is 0.0303. The molecule has 1 aromatic rings. The van der Waals surface area contributed by atoms with Crippen molar-refractivity contribution in [3.63, 3.8) is 0 Å². The van der Waals surface area contributed by atoms with E-state index in [1.54, 1.807) is 24.3 Å². The van der Waals surface area contributed by atoms with Crippen molar-refractivity contribution in [1.82, 2.24) is 5.32 Å². The minimum Gasteiger partial charge on any atom is -0.481 e. The van der Waals surface area contributed by atoms with Crippen LogP contribution in [0.5, 0.6) is 0 Å². The summed E-state index contributed by atoms with van der Waals surface area (Å²) in [6, 6.07) is 6.63. The zero-order valence-electron chi connectivity index (χ0n) is 14.8. The summed E-state index contributed by atoms with van der Waals surface area (Å²) in [6.07, 6.45) is 3.92. The van der Waals surface area contributed by atoms with Crippen molar-refractivity contribution in [1.29, 1.82) is 0 Å². The lowest BCUT2D eigenvalue weighted by atomic mass is 9.72. The molecule has 0 aromatic heterocycles. The van der Waals surface area contributed by atoms with Gasteiger partial charge in [0.05, 0.1) is 6.42 Å². The lowest BCUT2D eigenvalue weighted by Gasteiger charge is -2.34. The Kier molecular flexibility index (Phi) is 6.17. The first-order chi connectivity index (χ1) is 11.8. The van der Waals surface area contributed by atoms with E-state index >= 15 is 0 Å². The number of carboxylic acids is 1. The number of aliphatic carboxylic acids is 1. The van der Waals surface area contributed by atoms with E-state index in [2.05, 4.69) is 24.5 Å². The Bertz CT molecular complexity index is 637. The highest BCUT2D eigenvalue weighted by molar-refractivity contribution is 5.96. The monoisotopic (exact) mass is 346 g/mol. The molecule has 0 aliphatic heterocycles. The van der Waals surface area contributed by atoms with E-state index in [9.17, 15) is 14.4 Å². The van der Waals surface area contributed by atoms with Crippen molar-refractivity contribution >= 4 is 23.5 Å². The first kappa shape index (κ1) is 19.0. The van der Waals surface area contributed by atoms with Gasteiger partial charge in [-0.3, -0.25) is 14.4 Å². The van der Waals surface area contributed by atoms with Crippen LogP contribution >= 0.6 is 0 Å². The molecule has 0 saturated heterocycles. The van der Waals surface area contributed by atoms with Gasteiger partial charge in [0.2, 0.25) is 5.91 Å². The predicted molar refractivity (Wildman–Crippen MR) is 95.4 cm³/mol. The quantitative estimate of drug-likeness (QED) is 0.738. The number of amides is 2. The van der Waals surface area contributed by atoms with Crippen LogP contribution in [0.2, 0.25) is 0 Å². The van der Waals surface area contributed by atoms with Gasteiger partial charge in [-0.05, 0) is 48.9 Å². The summed E-state index contributed by atoms with van der Waals surface area (Å²) in [6.45, 7) is 4.48. The van der Waals surface area contributed by atoms with Gasteiger partial charge in [-0.2, -0.15) is 0 Å². The maximum atomic E-state index is 12.4. The Balaban J connectivity index is 1.88. The highest BCUT2D eigenvalue weighted by atomic mass is 16.4. The second-order valence-electron chi connectivity index (χ2n) is 7.42. The van der Waals surface area contributed by atoms with Gasteiger partial charge < -0.3 is 15.7 Å². The van der Waals surface area contributed by atoms with Gasteiger partial charge in [0.15, 0.2) is 0 Å². The number of anilines is 1. The number of hydrogen-bond donors (Lipinski definition) is 3. The number of hydrogen-bond acceptors (Lipinski definition) is 3. The van der Waals surface area contributed by atoms with E-state index in [4.69, 9.17) is 5.11 Å². The Hall–Kier alpha value is -2.37. The van der Waals surface area contributed by atoms with Crippen LogP contribution in [0.25, 0.3) is 0 Å². The standard InChI is InChI=1S/C19H26N2O4/c1-19(2)10-3-4-14(12-19)18(25)21-15-7-5-13(6-8-15)17(24)20-11-9-16(22)23/h5-8,14H,3-4,9-12H2,1-2H3,(H,20,24)(H,21,25)(H,22,23).